The molecular weight excluding hydrogens is 262 g/mol. The van der Waals surface area contributed by atoms with E-state index in [1.54, 1.807) is 12.4 Å². The van der Waals surface area contributed by atoms with Crippen LogP contribution in [0.3, 0.4) is 0 Å². The van der Waals surface area contributed by atoms with E-state index in [2.05, 4.69) is 34.8 Å². The first kappa shape index (κ1) is 14.0. The Labute approximate surface area is 115 Å². The number of urea groups is 1. The Morgan fingerprint density at radius 2 is 2.30 bits per heavy atom. The molecule has 4 amide bonds. The number of imide groups is 1. The molecule has 1 aliphatic heterocycles. The quantitative estimate of drug-likeness (QED) is 0.725. The van der Waals surface area contributed by atoms with Gasteiger partial charge in [0.1, 0.15) is 6.04 Å². The largest absolute Gasteiger partial charge is 0.325 e. The van der Waals surface area contributed by atoms with Crippen molar-refractivity contribution in [3.05, 3.63) is 12.4 Å². The van der Waals surface area contributed by atoms with Gasteiger partial charge < -0.3 is 9.88 Å². The van der Waals surface area contributed by atoms with E-state index in [-0.39, 0.29) is 6.42 Å². The number of carbonyl (C=O) groups is 3. The van der Waals surface area contributed by atoms with Crippen molar-refractivity contribution in [3.8, 4) is 0 Å². The number of aromatic nitrogens is 2. The van der Waals surface area contributed by atoms with Crippen molar-refractivity contribution < 1.29 is 14.4 Å². The lowest BCUT2D eigenvalue weighted by atomic mass is 10.1. The Balaban J connectivity index is 2.02. The zero-order valence-electron chi connectivity index (χ0n) is 11.3. The molecule has 0 radical (unpaired) electrons. The van der Waals surface area contributed by atoms with Gasteiger partial charge in [-0.05, 0) is 5.92 Å². The van der Waals surface area contributed by atoms with Gasteiger partial charge in [0, 0.05) is 18.9 Å². The molecule has 1 aromatic rings. The summed E-state index contributed by atoms with van der Waals surface area (Å²) in [6.07, 6.45) is 3.27. The van der Waals surface area contributed by atoms with Gasteiger partial charge in [-0.3, -0.25) is 20.2 Å². The van der Waals surface area contributed by atoms with E-state index in [0.717, 1.165) is 0 Å². The van der Waals surface area contributed by atoms with E-state index < -0.39 is 23.9 Å². The predicted molar refractivity (Wildman–Crippen MR) is 70.8 cm³/mol. The van der Waals surface area contributed by atoms with Gasteiger partial charge in [0.25, 0.3) is 0 Å². The molecule has 1 aliphatic rings. The first-order valence-electron chi connectivity index (χ1n) is 6.38. The van der Waals surface area contributed by atoms with Crippen LogP contribution < -0.4 is 16.0 Å². The van der Waals surface area contributed by atoms with Gasteiger partial charge in [-0.25, -0.2) is 9.78 Å². The minimum absolute atomic E-state index is 0.0809. The van der Waals surface area contributed by atoms with Crippen molar-refractivity contribution in [2.75, 3.05) is 5.32 Å². The molecular formula is C12H17N5O3. The van der Waals surface area contributed by atoms with Crippen molar-refractivity contribution in [3.63, 3.8) is 0 Å². The highest BCUT2D eigenvalue weighted by molar-refractivity contribution is 6.05. The summed E-state index contributed by atoms with van der Waals surface area (Å²) in [5, 5.41) is 7.09. The van der Waals surface area contributed by atoms with Gasteiger partial charge in [-0.15, -0.1) is 0 Å². The van der Waals surface area contributed by atoms with Crippen LogP contribution in [0.25, 0.3) is 0 Å². The van der Waals surface area contributed by atoms with Crippen LogP contribution in [0.1, 0.15) is 20.3 Å². The van der Waals surface area contributed by atoms with Gasteiger partial charge in [0.2, 0.25) is 17.8 Å². The Kier molecular flexibility index (Phi) is 4.02. The third kappa shape index (κ3) is 3.34. The zero-order valence-corrected chi connectivity index (χ0v) is 11.3. The average Bonchev–Trinajstić information content (AvgIpc) is 2.74. The molecule has 108 valence electrons. The first-order chi connectivity index (χ1) is 9.45. The van der Waals surface area contributed by atoms with Crippen LogP contribution in [0, 0.1) is 5.92 Å². The van der Waals surface area contributed by atoms with E-state index in [0.29, 0.717) is 18.4 Å². The van der Waals surface area contributed by atoms with Crippen molar-refractivity contribution in [1.29, 1.82) is 0 Å². The lowest BCUT2D eigenvalue weighted by Crippen LogP contribution is -2.56. The van der Waals surface area contributed by atoms with E-state index in [9.17, 15) is 14.4 Å². The first-order valence-corrected chi connectivity index (χ1v) is 6.38. The highest BCUT2D eigenvalue weighted by Gasteiger charge is 2.29. The molecule has 2 heterocycles. The fourth-order valence-electron chi connectivity index (χ4n) is 1.94. The van der Waals surface area contributed by atoms with Crippen LogP contribution in [-0.2, 0) is 16.1 Å². The van der Waals surface area contributed by atoms with Crippen LogP contribution in [0.2, 0.25) is 0 Å². The van der Waals surface area contributed by atoms with Crippen molar-refractivity contribution in [1.82, 2.24) is 20.2 Å². The number of hydrogen-bond acceptors (Lipinski definition) is 4. The summed E-state index contributed by atoms with van der Waals surface area (Å²) in [6, 6.07) is -1.53. The Bertz CT molecular complexity index is 521. The second kappa shape index (κ2) is 5.72. The number of carbonyl (C=O) groups excluding carboxylic acids is 3. The van der Waals surface area contributed by atoms with Gasteiger partial charge in [0.15, 0.2) is 0 Å². The number of rotatable bonds is 4. The molecule has 0 saturated carbocycles. The molecule has 2 rings (SSSR count). The molecule has 0 unspecified atom stereocenters. The monoisotopic (exact) mass is 279 g/mol. The number of amides is 4. The Hall–Kier alpha value is -2.38. The summed E-state index contributed by atoms with van der Waals surface area (Å²) < 4.78 is 1.81. The number of nitrogens with one attached hydrogen (secondary N) is 3. The van der Waals surface area contributed by atoms with Crippen LogP contribution in [-0.4, -0.2) is 33.4 Å². The molecule has 1 aromatic heterocycles. The van der Waals surface area contributed by atoms with Crippen LogP contribution >= 0.6 is 0 Å². The van der Waals surface area contributed by atoms with E-state index in [1.165, 1.54) is 0 Å². The third-order valence-electron chi connectivity index (χ3n) is 2.78. The van der Waals surface area contributed by atoms with Crippen LogP contribution in [0.4, 0.5) is 10.7 Å². The minimum atomic E-state index is -0.875. The summed E-state index contributed by atoms with van der Waals surface area (Å²) >= 11 is 0. The number of nitrogens with zero attached hydrogens (tertiary/aromatic N) is 2. The second-order valence-electron chi connectivity index (χ2n) is 5.06. The molecule has 0 aliphatic carbocycles. The lowest BCUT2D eigenvalue weighted by Gasteiger charge is -2.22. The molecule has 1 atom stereocenters. The molecule has 20 heavy (non-hydrogen) atoms. The molecule has 0 bridgehead atoms. The maximum Gasteiger partial charge on any atom is 0.322 e. The number of anilines is 1. The molecule has 8 nitrogen and oxygen atoms in total. The summed E-state index contributed by atoms with van der Waals surface area (Å²) in [7, 11) is 0. The highest BCUT2D eigenvalue weighted by atomic mass is 16.2. The highest BCUT2D eigenvalue weighted by Crippen LogP contribution is 2.10. The molecule has 8 heteroatoms. The van der Waals surface area contributed by atoms with Crippen molar-refractivity contribution in [2.45, 2.75) is 32.9 Å². The maximum absolute atomic E-state index is 12.0. The molecule has 3 N–H and O–H groups in total. The summed E-state index contributed by atoms with van der Waals surface area (Å²) in [6.45, 7) is 4.82. The van der Waals surface area contributed by atoms with Gasteiger partial charge >= 0.3 is 6.03 Å². The lowest BCUT2D eigenvalue weighted by molar-refractivity contribution is -0.126. The van der Waals surface area contributed by atoms with Crippen LogP contribution in [0.5, 0.6) is 0 Å². The molecule has 0 spiro atoms. The van der Waals surface area contributed by atoms with Crippen LogP contribution in [0.15, 0.2) is 12.4 Å². The molecule has 0 aromatic carbocycles. The van der Waals surface area contributed by atoms with Gasteiger partial charge in [-0.1, -0.05) is 13.8 Å². The second-order valence-corrected chi connectivity index (χ2v) is 5.06. The van der Waals surface area contributed by atoms with Gasteiger partial charge in [0.05, 0.1) is 6.42 Å². The van der Waals surface area contributed by atoms with Crippen molar-refractivity contribution in [2.24, 2.45) is 5.92 Å². The summed E-state index contributed by atoms with van der Waals surface area (Å²) in [5.74, 6) is -0.118. The zero-order chi connectivity index (χ0) is 14.7. The number of hydrogen-bond donors (Lipinski definition) is 3. The molecule has 1 saturated heterocycles. The van der Waals surface area contributed by atoms with E-state index in [4.69, 9.17) is 0 Å². The normalized spacial score (nSPS) is 18.6. The summed E-state index contributed by atoms with van der Waals surface area (Å²) in [4.78, 5) is 38.5. The Morgan fingerprint density at radius 1 is 1.55 bits per heavy atom. The summed E-state index contributed by atoms with van der Waals surface area (Å²) in [5.41, 5.74) is 0. The number of imidazole rings is 1. The predicted octanol–water partition coefficient (Wildman–Crippen LogP) is 0.0757. The standard InChI is InChI=1S/C12H17N5O3/c1-7(2)6-17-4-3-13-11(17)16-10(19)8-5-9(18)15-12(20)14-8/h3-4,7-8H,5-6H2,1-2H3,(H,13,16,19)(H2,14,15,18,20)/t8-/m0/s1. The fraction of sp³-hybridized carbons (Fsp3) is 0.500. The topological polar surface area (TPSA) is 105 Å². The fourth-order valence-corrected chi connectivity index (χ4v) is 1.94. The van der Waals surface area contributed by atoms with Crippen molar-refractivity contribution >= 4 is 23.8 Å². The van der Waals surface area contributed by atoms with E-state index >= 15 is 0 Å². The average molecular weight is 279 g/mol. The third-order valence-corrected chi connectivity index (χ3v) is 2.78. The minimum Gasteiger partial charge on any atom is -0.325 e. The SMILES string of the molecule is CC(C)Cn1ccnc1NC(=O)[C@@H]1CC(=O)NC(=O)N1. The van der Waals surface area contributed by atoms with E-state index in [1.807, 2.05) is 4.57 Å². The van der Waals surface area contributed by atoms with Gasteiger partial charge in [-0.2, -0.15) is 0 Å². The molecule has 1 fully saturated rings. The maximum atomic E-state index is 12.0. The Morgan fingerprint density at radius 3 is 2.95 bits per heavy atom. The smallest absolute Gasteiger partial charge is 0.322 e.